The van der Waals surface area contributed by atoms with Crippen molar-refractivity contribution in [1.29, 1.82) is 0 Å². The van der Waals surface area contributed by atoms with Crippen molar-refractivity contribution in [2.45, 2.75) is 57.6 Å². The molecule has 1 N–H and O–H groups in total. The highest BCUT2D eigenvalue weighted by Gasteiger charge is 2.26. The standard InChI is InChI=1S/C30H33N3O7S/c1-19-7-13-23(14-8-19)41(36,37)33-18-20(2)26-25(15-16-31-27(26)33)39-22-11-9-21(10-12-22)17-24(28(34)38-6)32-29(35)40-30(3,4)5/h7-16,18,24H,17H2,1-6H3,(H,32,35)/t24-/m1/s1. The SMILES string of the molecule is COC(=O)[C@@H](Cc1ccc(Oc2ccnc3c2c(C)cn3S(=O)(=O)c2ccc(C)cc2)cc1)NC(=O)OC(C)(C)C. The molecule has 10 nitrogen and oxygen atoms in total. The lowest BCUT2D eigenvalue weighted by molar-refractivity contribution is -0.143. The van der Waals surface area contributed by atoms with Gasteiger partial charge in [0.2, 0.25) is 0 Å². The maximum atomic E-state index is 13.4. The van der Waals surface area contributed by atoms with E-state index in [0.717, 1.165) is 11.1 Å². The fraction of sp³-hybridized carbons (Fsp3) is 0.300. The summed E-state index contributed by atoms with van der Waals surface area (Å²) in [5, 5.41) is 3.13. The number of esters is 1. The van der Waals surface area contributed by atoms with E-state index in [1.54, 1.807) is 82.3 Å². The van der Waals surface area contributed by atoms with Gasteiger partial charge in [-0.2, -0.15) is 0 Å². The van der Waals surface area contributed by atoms with E-state index in [1.165, 1.54) is 23.5 Å². The molecule has 0 spiro atoms. The number of fused-ring (bicyclic) bond motifs is 1. The lowest BCUT2D eigenvalue weighted by Gasteiger charge is -2.22. The molecular weight excluding hydrogens is 546 g/mol. The van der Waals surface area contributed by atoms with E-state index >= 15 is 0 Å². The van der Waals surface area contributed by atoms with Gasteiger partial charge in [0, 0.05) is 18.8 Å². The van der Waals surface area contributed by atoms with Crippen LogP contribution < -0.4 is 10.1 Å². The molecule has 41 heavy (non-hydrogen) atoms. The molecule has 2 aromatic carbocycles. The van der Waals surface area contributed by atoms with E-state index in [9.17, 15) is 18.0 Å². The van der Waals surface area contributed by atoms with Crippen LogP contribution in [0.3, 0.4) is 0 Å². The highest BCUT2D eigenvalue weighted by Crippen LogP contribution is 2.34. The molecule has 0 aliphatic heterocycles. The number of amides is 1. The lowest BCUT2D eigenvalue weighted by Crippen LogP contribution is -2.45. The van der Waals surface area contributed by atoms with Gasteiger partial charge in [0.15, 0.2) is 5.65 Å². The number of hydrogen-bond donors (Lipinski definition) is 1. The third kappa shape index (κ3) is 6.86. The summed E-state index contributed by atoms with van der Waals surface area (Å²) in [5.74, 6) is 0.331. The quantitative estimate of drug-likeness (QED) is 0.279. The summed E-state index contributed by atoms with van der Waals surface area (Å²) in [4.78, 5) is 29.0. The van der Waals surface area contributed by atoms with Gasteiger partial charge in [0.05, 0.1) is 17.4 Å². The summed E-state index contributed by atoms with van der Waals surface area (Å²) >= 11 is 0. The van der Waals surface area contributed by atoms with E-state index in [-0.39, 0.29) is 17.0 Å². The van der Waals surface area contributed by atoms with Crippen molar-refractivity contribution in [3.05, 3.63) is 83.7 Å². The third-order valence-electron chi connectivity index (χ3n) is 6.15. The van der Waals surface area contributed by atoms with E-state index in [4.69, 9.17) is 14.2 Å². The molecule has 0 fully saturated rings. The number of nitrogens with zero attached hydrogens (tertiary/aromatic N) is 2. The Morgan fingerprint density at radius 3 is 2.27 bits per heavy atom. The maximum absolute atomic E-state index is 13.4. The molecule has 0 bridgehead atoms. The Kier molecular flexibility index (Phi) is 8.39. The minimum Gasteiger partial charge on any atom is -0.467 e. The molecule has 216 valence electrons. The fourth-order valence-corrected chi connectivity index (χ4v) is 5.58. The van der Waals surface area contributed by atoms with Crippen LogP contribution in [0, 0.1) is 13.8 Å². The Bertz CT molecular complexity index is 1670. The predicted octanol–water partition coefficient (Wildman–Crippen LogP) is 5.29. The van der Waals surface area contributed by atoms with Crippen molar-refractivity contribution in [3.8, 4) is 11.5 Å². The molecule has 0 unspecified atom stereocenters. The van der Waals surface area contributed by atoms with Crippen molar-refractivity contribution in [2.75, 3.05) is 7.11 Å². The second-order valence-electron chi connectivity index (χ2n) is 10.6. The average molecular weight is 580 g/mol. The van der Waals surface area contributed by atoms with Gasteiger partial charge in [-0.3, -0.25) is 0 Å². The molecule has 2 heterocycles. The number of carbonyl (C=O) groups excluding carboxylic acids is 2. The molecule has 1 atom stereocenters. The number of pyridine rings is 1. The number of methoxy groups -OCH3 is 1. The summed E-state index contributed by atoms with van der Waals surface area (Å²) in [5.41, 5.74) is 1.93. The second kappa shape index (κ2) is 11.6. The Morgan fingerprint density at radius 1 is 1.00 bits per heavy atom. The van der Waals surface area contributed by atoms with Crippen LogP contribution in [0.1, 0.15) is 37.5 Å². The first kappa shape index (κ1) is 29.6. The summed E-state index contributed by atoms with van der Waals surface area (Å²) in [6, 6.07) is 14.3. The number of rotatable bonds is 8. The molecule has 1 amide bonds. The first-order valence-electron chi connectivity index (χ1n) is 12.9. The van der Waals surface area contributed by atoms with Gasteiger partial charge in [-0.25, -0.2) is 27.0 Å². The van der Waals surface area contributed by atoms with Crippen LogP contribution in [-0.4, -0.2) is 48.2 Å². The zero-order chi connectivity index (χ0) is 29.9. The summed E-state index contributed by atoms with van der Waals surface area (Å²) in [6.45, 7) is 8.88. The molecule has 2 aromatic heterocycles. The number of hydrogen-bond acceptors (Lipinski definition) is 8. The smallest absolute Gasteiger partial charge is 0.408 e. The van der Waals surface area contributed by atoms with Crippen molar-refractivity contribution >= 4 is 33.1 Å². The van der Waals surface area contributed by atoms with E-state index in [2.05, 4.69) is 10.3 Å². The molecule has 0 radical (unpaired) electrons. The molecule has 0 aliphatic rings. The van der Waals surface area contributed by atoms with Gasteiger partial charge in [0.1, 0.15) is 23.1 Å². The van der Waals surface area contributed by atoms with E-state index in [1.807, 2.05) is 6.92 Å². The first-order chi connectivity index (χ1) is 19.3. The average Bonchev–Trinajstić information content (AvgIpc) is 3.26. The number of aromatic nitrogens is 2. The van der Waals surface area contributed by atoms with Crippen LogP contribution in [0.4, 0.5) is 4.79 Å². The number of nitrogens with one attached hydrogen (secondary N) is 1. The Hall–Kier alpha value is -4.38. The van der Waals surface area contributed by atoms with Crippen LogP contribution >= 0.6 is 0 Å². The maximum Gasteiger partial charge on any atom is 0.408 e. The highest BCUT2D eigenvalue weighted by atomic mass is 32.2. The summed E-state index contributed by atoms with van der Waals surface area (Å²) < 4.78 is 44.2. The monoisotopic (exact) mass is 579 g/mol. The fourth-order valence-electron chi connectivity index (χ4n) is 4.21. The molecule has 4 aromatic rings. The highest BCUT2D eigenvalue weighted by molar-refractivity contribution is 7.90. The largest absolute Gasteiger partial charge is 0.467 e. The molecular formula is C30H33N3O7S. The zero-order valence-electron chi connectivity index (χ0n) is 23.8. The molecule has 0 saturated heterocycles. The number of carbonyl (C=O) groups is 2. The van der Waals surface area contributed by atoms with Gasteiger partial charge < -0.3 is 19.5 Å². The van der Waals surface area contributed by atoms with Gasteiger partial charge >= 0.3 is 12.1 Å². The van der Waals surface area contributed by atoms with Gasteiger partial charge in [-0.05, 0) is 76.1 Å². The summed E-state index contributed by atoms with van der Waals surface area (Å²) in [6.07, 6.45) is 2.48. The van der Waals surface area contributed by atoms with Crippen LogP contribution in [0.2, 0.25) is 0 Å². The second-order valence-corrected chi connectivity index (χ2v) is 12.4. The lowest BCUT2D eigenvalue weighted by atomic mass is 10.1. The van der Waals surface area contributed by atoms with E-state index < -0.39 is 33.7 Å². The van der Waals surface area contributed by atoms with Crippen LogP contribution in [0.15, 0.2) is 71.9 Å². The topological polar surface area (TPSA) is 126 Å². The van der Waals surface area contributed by atoms with Gasteiger partial charge in [-0.15, -0.1) is 0 Å². The molecule has 4 rings (SSSR count). The van der Waals surface area contributed by atoms with Crippen molar-refractivity contribution < 1.29 is 32.2 Å². The normalized spacial score (nSPS) is 12.5. The van der Waals surface area contributed by atoms with Crippen molar-refractivity contribution in [2.24, 2.45) is 0 Å². The van der Waals surface area contributed by atoms with Crippen LogP contribution in [0.25, 0.3) is 11.0 Å². The first-order valence-corrected chi connectivity index (χ1v) is 14.4. The Balaban J connectivity index is 1.56. The number of benzene rings is 2. The number of alkyl carbamates (subject to hydrolysis) is 1. The Morgan fingerprint density at radius 2 is 1.66 bits per heavy atom. The Labute approximate surface area is 239 Å². The minimum absolute atomic E-state index is 0.162. The number of aryl methyl sites for hydroxylation is 2. The van der Waals surface area contributed by atoms with Crippen molar-refractivity contribution in [1.82, 2.24) is 14.3 Å². The van der Waals surface area contributed by atoms with Crippen molar-refractivity contribution in [3.63, 3.8) is 0 Å². The third-order valence-corrected chi connectivity index (χ3v) is 7.82. The predicted molar refractivity (Wildman–Crippen MR) is 154 cm³/mol. The molecule has 0 saturated carbocycles. The number of ether oxygens (including phenoxy) is 3. The van der Waals surface area contributed by atoms with E-state index in [0.29, 0.717) is 22.4 Å². The minimum atomic E-state index is -3.87. The van der Waals surface area contributed by atoms with Crippen LogP contribution in [0.5, 0.6) is 11.5 Å². The molecule has 0 aliphatic carbocycles. The summed E-state index contributed by atoms with van der Waals surface area (Å²) in [7, 11) is -2.62. The van der Waals surface area contributed by atoms with Gasteiger partial charge in [-0.1, -0.05) is 29.8 Å². The zero-order valence-corrected chi connectivity index (χ0v) is 24.6. The molecule has 11 heteroatoms. The van der Waals surface area contributed by atoms with Gasteiger partial charge in [0.25, 0.3) is 10.0 Å². The van der Waals surface area contributed by atoms with Crippen LogP contribution in [-0.2, 0) is 30.7 Å².